The van der Waals surface area contributed by atoms with Crippen molar-refractivity contribution in [1.29, 1.82) is 0 Å². The second-order valence-corrected chi connectivity index (χ2v) is 4.60. The molecule has 0 unspecified atom stereocenters. The summed E-state index contributed by atoms with van der Waals surface area (Å²) in [6.45, 7) is 4.05. The standard InChI is InChI=1S/C14H16FN3O/c1-9-13(10(2)17-16-9)14(19)18(3)8-11-4-6-12(15)7-5-11/h4-7H,8H2,1-3H3,(H,16,17). The topological polar surface area (TPSA) is 49.0 Å². The molecular formula is C14H16FN3O. The maximum absolute atomic E-state index is 12.8. The first-order valence-electron chi connectivity index (χ1n) is 6.00. The summed E-state index contributed by atoms with van der Waals surface area (Å²) in [5, 5.41) is 6.81. The molecule has 0 aliphatic rings. The first-order valence-corrected chi connectivity index (χ1v) is 6.00. The van der Waals surface area contributed by atoms with E-state index < -0.39 is 0 Å². The van der Waals surface area contributed by atoms with Crippen LogP contribution in [0.1, 0.15) is 27.3 Å². The van der Waals surface area contributed by atoms with Gasteiger partial charge in [-0.1, -0.05) is 12.1 Å². The summed E-state index contributed by atoms with van der Waals surface area (Å²) >= 11 is 0. The van der Waals surface area contributed by atoms with Crippen LogP contribution in [0.25, 0.3) is 0 Å². The largest absolute Gasteiger partial charge is 0.337 e. The zero-order valence-electron chi connectivity index (χ0n) is 11.2. The van der Waals surface area contributed by atoms with Gasteiger partial charge in [-0.2, -0.15) is 5.10 Å². The van der Waals surface area contributed by atoms with Gasteiger partial charge in [0.1, 0.15) is 5.82 Å². The number of aromatic nitrogens is 2. The van der Waals surface area contributed by atoms with Crippen molar-refractivity contribution in [3.05, 3.63) is 52.6 Å². The van der Waals surface area contributed by atoms with Crippen molar-refractivity contribution in [3.8, 4) is 0 Å². The molecule has 0 spiro atoms. The molecule has 1 aromatic carbocycles. The van der Waals surface area contributed by atoms with Gasteiger partial charge in [0.15, 0.2) is 0 Å². The van der Waals surface area contributed by atoms with Crippen molar-refractivity contribution in [2.24, 2.45) is 0 Å². The molecule has 19 heavy (non-hydrogen) atoms. The van der Waals surface area contributed by atoms with Gasteiger partial charge in [0.05, 0.1) is 11.3 Å². The van der Waals surface area contributed by atoms with Crippen molar-refractivity contribution in [2.75, 3.05) is 7.05 Å². The summed E-state index contributed by atoms with van der Waals surface area (Å²) in [6, 6.07) is 6.13. The van der Waals surface area contributed by atoms with Crippen LogP contribution in [0.15, 0.2) is 24.3 Å². The molecule has 0 saturated carbocycles. The second-order valence-electron chi connectivity index (χ2n) is 4.60. The molecule has 0 aliphatic heterocycles. The smallest absolute Gasteiger partial charge is 0.257 e. The number of carbonyl (C=O) groups excluding carboxylic acids is 1. The van der Waals surface area contributed by atoms with E-state index >= 15 is 0 Å². The van der Waals surface area contributed by atoms with Crippen LogP contribution >= 0.6 is 0 Å². The molecular weight excluding hydrogens is 245 g/mol. The van der Waals surface area contributed by atoms with E-state index in [1.54, 1.807) is 31.0 Å². The number of rotatable bonds is 3. The number of halogens is 1. The minimum Gasteiger partial charge on any atom is -0.337 e. The predicted molar refractivity (Wildman–Crippen MR) is 70.3 cm³/mol. The summed E-state index contributed by atoms with van der Waals surface area (Å²) in [5.41, 5.74) is 2.93. The Hall–Kier alpha value is -2.17. The zero-order chi connectivity index (χ0) is 14.0. The van der Waals surface area contributed by atoms with Crippen molar-refractivity contribution < 1.29 is 9.18 Å². The van der Waals surface area contributed by atoms with E-state index in [2.05, 4.69) is 10.2 Å². The number of nitrogens with one attached hydrogen (secondary N) is 1. The molecule has 1 N–H and O–H groups in total. The first kappa shape index (κ1) is 13.3. The van der Waals surface area contributed by atoms with Crippen molar-refractivity contribution in [3.63, 3.8) is 0 Å². The van der Waals surface area contributed by atoms with Crippen LogP contribution in [0.2, 0.25) is 0 Å². The van der Waals surface area contributed by atoms with Crippen LogP contribution in [0.4, 0.5) is 4.39 Å². The molecule has 2 rings (SSSR count). The monoisotopic (exact) mass is 261 g/mol. The average molecular weight is 261 g/mol. The quantitative estimate of drug-likeness (QED) is 0.922. The van der Waals surface area contributed by atoms with Crippen LogP contribution in [-0.2, 0) is 6.54 Å². The highest BCUT2D eigenvalue weighted by molar-refractivity contribution is 5.96. The SMILES string of the molecule is Cc1n[nH]c(C)c1C(=O)N(C)Cc1ccc(F)cc1. The van der Waals surface area contributed by atoms with Crippen molar-refractivity contribution >= 4 is 5.91 Å². The maximum atomic E-state index is 12.8. The maximum Gasteiger partial charge on any atom is 0.257 e. The van der Waals surface area contributed by atoms with E-state index in [1.165, 1.54) is 12.1 Å². The van der Waals surface area contributed by atoms with Gasteiger partial charge < -0.3 is 4.90 Å². The third-order valence-electron chi connectivity index (χ3n) is 3.02. The molecule has 0 atom stereocenters. The lowest BCUT2D eigenvalue weighted by Gasteiger charge is -2.17. The van der Waals surface area contributed by atoms with Crippen molar-refractivity contribution in [2.45, 2.75) is 20.4 Å². The van der Waals surface area contributed by atoms with E-state index in [9.17, 15) is 9.18 Å². The number of carbonyl (C=O) groups is 1. The van der Waals surface area contributed by atoms with Crippen LogP contribution in [0.5, 0.6) is 0 Å². The molecule has 100 valence electrons. The molecule has 4 nitrogen and oxygen atoms in total. The Bertz CT molecular complexity index is 570. The Labute approximate surface area is 111 Å². The average Bonchev–Trinajstić information content (AvgIpc) is 2.71. The lowest BCUT2D eigenvalue weighted by atomic mass is 10.1. The molecule has 1 heterocycles. The van der Waals surface area contributed by atoms with Crippen LogP contribution in [0.3, 0.4) is 0 Å². The predicted octanol–water partition coefficient (Wildman–Crippen LogP) is 2.44. The molecule has 0 radical (unpaired) electrons. The van der Waals surface area contributed by atoms with E-state index in [4.69, 9.17) is 0 Å². The third kappa shape index (κ3) is 2.81. The summed E-state index contributed by atoms with van der Waals surface area (Å²) in [5.74, 6) is -0.368. The Morgan fingerprint density at radius 3 is 2.47 bits per heavy atom. The number of H-pyrrole nitrogens is 1. The van der Waals surface area contributed by atoms with Gasteiger partial charge in [0.25, 0.3) is 5.91 Å². The summed E-state index contributed by atoms with van der Waals surface area (Å²) in [7, 11) is 1.72. The number of aryl methyl sites for hydroxylation is 2. The fourth-order valence-electron chi connectivity index (χ4n) is 1.99. The highest BCUT2D eigenvalue weighted by Gasteiger charge is 2.19. The number of amides is 1. The Balaban J connectivity index is 2.14. The summed E-state index contributed by atoms with van der Waals surface area (Å²) in [4.78, 5) is 13.9. The first-order chi connectivity index (χ1) is 8.99. The minimum absolute atomic E-state index is 0.0897. The number of benzene rings is 1. The molecule has 0 saturated heterocycles. The highest BCUT2D eigenvalue weighted by Crippen LogP contribution is 2.14. The van der Waals surface area contributed by atoms with Crippen molar-refractivity contribution in [1.82, 2.24) is 15.1 Å². The number of nitrogens with zero attached hydrogens (tertiary/aromatic N) is 2. The Morgan fingerprint density at radius 1 is 1.32 bits per heavy atom. The fourth-order valence-corrected chi connectivity index (χ4v) is 1.99. The van der Waals surface area contributed by atoms with E-state index in [0.717, 1.165) is 11.3 Å². The van der Waals surface area contributed by atoms with E-state index in [1.807, 2.05) is 6.92 Å². The Kier molecular flexibility index (Phi) is 3.64. The summed E-state index contributed by atoms with van der Waals surface area (Å²) in [6.07, 6.45) is 0. The van der Waals surface area contributed by atoms with Crippen LogP contribution in [0, 0.1) is 19.7 Å². The summed E-state index contributed by atoms with van der Waals surface area (Å²) < 4.78 is 12.8. The van der Waals surface area contributed by atoms with Gasteiger partial charge in [-0.25, -0.2) is 4.39 Å². The molecule has 0 fully saturated rings. The van der Waals surface area contributed by atoms with Gasteiger partial charge >= 0.3 is 0 Å². The zero-order valence-corrected chi connectivity index (χ0v) is 11.2. The van der Waals surface area contributed by atoms with Gasteiger partial charge in [0, 0.05) is 19.3 Å². The van der Waals surface area contributed by atoms with E-state index in [-0.39, 0.29) is 11.7 Å². The minimum atomic E-state index is -0.278. The Morgan fingerprint density at radius 2 is 1.95 bits per heavy atom. The van der Waals surface area contributed by atoms with E-state index in [0.29, 0.717) is 17.8 Å². The van der Waals surface area contributed by atoms with Gasteiger partial charge in [-0.05, 0) is 31.5 Å². The van der Waals surface area contributed by atoms with Crippen LogP contribution in [-0.4, -0.2) is 28.1 Å². The molecule has 5 heteroatoms. The molecule has 1 aromatic heterocycles. The molecule has 2 aromatic rings. The number of aromatic amines is 1. The van der Waals surface area contributed by atoms with Gasteiger partial charge in [-0.15, -0.1) is 0 Å². The number of hydrogen-bond donors (Lipinski definition) is 1. The molecule has 1 amide bonds. The lowest BCUT2D eigenvalue weighted by Crippen LogP contribution is -2.27. The second kappa shape index (κ2) is 5.22. The number of hydrogen-bond acceptors (Lipinski definition) is 2. The normalized spacial score (nSPS) is 10.5. The lowest BCUT2D eigenvalue weighted by molar-refractivity contribution is 0.0783. The molecule has 0 bridgehead atoms. The fraction of sp³-hybridized carbons (Fsp3) is 0.286. The van der Waals surface area contributed by atoms with Gasteiger partial charge in [-0.3, -0.25) is 9.89 Å². The van der Waals surface area contributed by atoms with Gasteiger partial charge in [0.2, 0.25) is 0 Å². The van der Waals surface area contributed by atoms with Crippen LogP contribution < -0.4 is 0 Å². The molecule has 0 aliphatic carbocycles. The highest BCUT2D eigenvalue weighted by atomic mass is 19.1. The third-order valence-corrected chi connectivity index (χ3v) is 3.02.